The average molecular weight is 215 g/mol. The molecule has 5 nitrogen and oxygen atoms in total. The molecule has 0 aromatic carbocycles. The number of nitrogens with zero attached hydrogens (tertiary/aromatic N) is 1. The van der Waals surface area contributed by atoms with Gasteiger partial charge in [0.25, 0.3) is 0 Å². The van der Waals surface area contributed by atoms with E-state index in [2.05, 4.69) is 24.1 Å². The smallest absolute Gasteiger partial charge is 0.235 e. The summed E-state index contributed by atoms with van der Waals surface area (Å²) in [6.45, 7) is 7.16. The molecule has 0 bridgehead atoms. The van der Waals surface area contributed by atoms with Gasteiger partial charge in [0.05, 0.1) is 18.2 Å². The third-order valence-corrected chi connectivity index (χ3v) is 2.64. The molecule has 1 heterocycles. The molecule has 5 heteroatoms. The molecule has 1 amide bonds. The number of carbonyl (C=O) groups is 1. The van der Waals surface area contributed by atoms with Crippen molar-refractivity contribution in [2.75, 3.05) is 33.3 Å². The molecule has 0 aliphatic carbocycles. The molecule has 0 radical (unpaired) electrons. The Kier molecular flexibility index (Phi) is 4.07. The Balaban J connectivity index is 2.47. The molecule has 3 N–H and O–H groups in total. The second-order valence-electron chi connectivity index (χ2n) is 4.59. The van der Waals surface area contributed by atoms with E-state index in [4.69, 9.17) is 10.5 Å². The van der Waals surface area contributed by atoms with Crippen LogP contribution in [0, 0.1) is 0 Å². The number of carbonyl (C=O) groups excluding carboxylic acids is 1. The van der Waals surface area contributed by atoms with Crippen LogP contribution in [-0.2, 0) is 9.53 Å². The Morgan fingerprint density at radius 2 is 2.33 bits per heavy atom. The van der Waals surface area contributed by atoms with Crippen molar-refractivity contribution in [2.45, 2.75) is 25.5 Å². The van der Waals surface area contributed by atoms with Crippen molar-refractivity contribution in [3.63, 3.8) is 0 Å². The number of hydrogen-bond acceptors (Lipinski definition) is 4. The van der Waals surface area contributed by atoms with E-state index in [-0.39, 0.29) is 17.6 Å². The maximum Gasteiger partial charge on any atom is 0.235 e. The Morgan fingerprint density at radius 1 is 1.67 bits per heavy atom. The summed E-state index contributed by atoms with van der Waals surface area (Å²) in [5.74, 6) is -0.304. The standard InChI is InChI=1S/C10H21N3O2/c1-10(2)7-13(4-5-15-10)6-8(12-3)9(11)14/h8,12H,4-7H2,1-3H3,(H2,11,14). The average Bonchev–Trinajstić information content (AvgIpc) is 2.12. The SMILES string of the molecule is CNC(CN1CCOC(C)(C)C1)C(N)=O. The van der Waals surface area contributed by atoms with Crippen LogP contribution in [0.15, 0.2) is 0 Å². The summed E-state index contributed by atoms with van der Waals surface area (Å²) in [6.07, 6.45) is 0. The van der Waals surface area contributed by atoms with E-state index in [0.29, 0.717) is 13.2 Å². The molecule has 1 atom stereocenters. The summed E-state index contributed by atoms with van der Waals surface area (Å²) in [5, 5.41) is 2.92. The fraction of sp³-hybridized carbons (Fsp3) is 0.900. The highest BCUT2D eigenvalue weighted by Crippen LogP contribution is 2.16. The first-order chi connectivity index (χ1) is 6.94. The molecule has 1 unspecified atom stereocenters. The van der Waals surface area contributed by atoms with E-state index >= 15 is 0 Å². The summed E-state index contributed by atoms with van der Waals surface area (Å²) in [7, 11) is 1.75. The van der Waals surface area contributed by atoms with Crippen LogP contribution in [0.4, 0.5) is 0 Å². The summed E-state index contributed by atoms with van der Waals surface area (Å²) in [5.41, 5.74) is 5.14. The van der Waals surface area contributed by atoms with Gasteiger partial charge in [-0.2, -0.15) is 0 Å². The van der Waals surface area contributed by atoms with Crippen LogP contribution in [0.2, 0.25) is 0 Å². The molecule has 0 spiro atoms. The molecular formula is C10H21N3O2. The van der Waals surface area contributed by atoms with Gasteiger partial charge in [0.2, 0.25) is 5.91 Å². The van der Waals surface area contributed by atoms with Gasteiger partial charge >= 0.3 is 0 Å². The fourth-order valence-electron chi connectivity index (χ4n) is 1.85. The van der Waals surface area contributed by atoms with Crippen molar-refractivity contribution in [1.82, 2.24) is 10.2 Å². The van der Waals surface area contributed by atoms with Crippen molar-refractivity contribution in [3.8, 4) is 0 Å². The van der Waals surface area contributed by atoms with Crippen LogP contribution < -0.4 is 11.1 Å². The van der Waals surface area contributed by atoms with Crippen LogP contribution in [0.1, 0.15) is 13.8 Å². The summed E-state index contributed by atoms with van der Waals surface area (Å²) in [4.78, 5) is 13.3. The molecular weight excluding hydrogens is 194 g/mol. The Bertz CT molecular complexity index is 231. The Morgan fingerprint density at radius 3 is 2.80 bits per heavy atom. The first-order valence-electron chi connectivity index (χ1n) is 5.27. The molecule has 0 aromatic heterocycles. The molecule has 88 valence electrons. The van der Waals surface area contributed by atoms with Gasteiger partial charge in [0.15, 0.2) is 0 Å². The van der Waals surface area contributed by atoms with Gasteiger partial charge in [-0.25, -0.2) is 0 Å². The van der Waals surface area contributed by atoms with E-state index in [1.54, 1.807) is 7.05 Å². The fourth-order valence-corrected chi connectivity index (χ4v) is 1.85. The zero-order valence-electron chi connectivity index (χ0n) is 9.75. The molecule has 0 aromatic rings. The number of nitrogens with two attached hydrogens (primary N) is 1. The number of morpholine rings is 1. The van der Waals surface area contributed by atoms with E-state index in [1.807, 2.05) is 0 Å². The number of primary amides is 1. The van der Waals surface area contributed by atoms with Gasteiger partial charge < -0.3 is 15.8 Å². The lowest BCUT2D eigenvalue weighted by molar-refractivity contribution is -0.122. The predicted molar refractivity (Wildman–Crippen MR) is 58.5 cm³/mol. The molecule has 1 saturated heterocycles. The maximum absolute atomic E-state index is 11.1. The van der Waals surface area contributed by atoms with Crippen molar-refractivity contribution in [3.05, 3.63) is 0 Å². The monoisotopic (exact) mass is 215 g/mol. The minimum atomic E-state index is -0.304. The number of amides is 1. The quantitative estimate of drug-likeness (QED) is 0.642. The van der Waals surface area contributed by atoms with Crippen molar-refractivity contribution >= 4 is 5.91 Å². The van der Waals surface area contributed by atoms with Crippen LogP contribution in [0.3, 0.4) is 0 Å². The summed E-state index contributed by atoms with van der Waals surface area (Å²) < 4.78 is 5.59. The predicted octanol–water partition coefficient (Wildman–Crippen LogP) is -0.829. The minimum Gasteiger partial charge on any atom is -0.373 e. The van der Waals surface area contributed by atoms with Gasteiger partial charge in [-0.1, -0.05) is 0 Å². The number of hydrogen-bond donors (Lipinski definition) is 2. The maximum atomic E-state index is 11.1. The first-order valence-corrected chi connectivity index (χ1v) is 5.27. The van der Waals surface area contributed by atoms with E-state index in [0.717, 1.165) is 13.1 Å². The lowest BCUT2D eigenvalue weighted by Gasteiger charge is -2.39. The van der Waals surface area contributed by atoms with Crippen molar-refractivity contribution in [1.29, 1.82) is 0 Å². The normalized spacial score (nSPS) is 23.7. The van der Waals surface area contributed by atoms with Crippen LogP contribution in [0.5, 0.6) is 0 Å². The largest absolute Gasteiger partial charge is 0.373 e. The highest BCUT2D eigenvalue weighted by atomic mass is 16.5. The third kappa shape index (κ3) is 3.77. The summed E-state index contributed by atoms with van der Waals surface area (Å²) >= 11 is 0. The van der Waals surface area contributed by atoms with Gasteiger partial charge in [0.1, 0.15) is 0 Å². The number of ether oxygens (including phenoxy) is 1. The van der Waals surface area contributed by atoms with Gasteiger partial charge in [-0.05, 0) is 20.9 Å². The summed E-state index contributed by atoms with van der Waals surface area (Å²) in [6, 6.07) is -0.279. The molecule has 15 heavy (non-hydrogen) atoms. The van der Waals surface area contributed by atoms with Gasteiger partial charge in [-0.15, -0.1) is 0 Å². The van der Waals surface area contributed by atoms with Crippen molar-refractivity contribution in [2.24, 2.45) is 5.73 Å². The van der Waals surface area contributed by atoms with Crippen LogP contribution >= 0.6 is 0 Å². The van der Waals surface area contributed by atoms with Gasteiger partial charge in [-0.3, -0.25) is 9.69 Å². The molecule has 1 aliphatic rings. The number of nitrogens with one attached hydrogen (secondary N) is 1. The van der Waals surface area contributed by atoms with E-state index in [9.17, 15) is 4.79 Å². The minimum absolute atomic E-state index is 0.131. The Labute approximate surface area is 90.9 Å². The lowest BCUT2D eigenvalue weighted by atomic mass is 10.1. The molecule has 1 fully saturated rings. The van der Waals surface area contributed by atoms with Crippen LogP contribution in [-0.4, -0.2) is 55.7 Å². The molecule has 1 aliphatic heterocycles. The third-order valence-electron chi connectivity index (χ3n) is 2.64. The van der Waals surface area contributed by atoms with E-state index in [1.165, 1.54) is 0 Å². The number of rotatable bonds is 4. The van der Waals surface area contributed by atoms with Crippen LogP contribution in [0.25, 0.3) is 0 Å². The highest BCUT2D eigenvalue weighted by molar-refractivity contribution is 5.80. The lowest BCUT2D eigenvalue weighted by Crippen LogP contribution is -2.54. The van der Waals surface area contributed by atoms with E-state index < -0.39 is 0 Å². The second-order valence-corrected chi connectivity index (χ2v) is 4.59. The number of likely N-dealkylation sites (N-methyl/N-ethyl adjacent to an activating group) is 1. The Hall–Kier alpha value is -0.650. The van der Waals surface area contributed by atoms with Crippen molar-refractivity contribution < 1.29 is 9.53 Å². The van der Waals surface area contributed by atoms with Gasteiger partial charge in [0, 0.05) is 19.6 Å². The molecule has 0 saturated carbocycles. The molecule has 1 rings (SSSR count). The second kappa shape index (κ2) is 4.92. The zero-order chi connectivity index (χ0) is 11.5. The zero-order valence-corrected chi connectivity index (χ0v) is 9.75. The first kappa shape index (κ1) is 12.4. The topological polar surface area (TPSA) is 67.6 Å². The highest BCUT2D eigenvalue weighted by Gasteiger charge is 2.29.